The summed E-state index contributed by atoms with van der Waals surface area (Å²) in [4.78, 5) is 0. The summed E-state index contributed by atoms with van der Waals surface area (Å²) in [5.41, 5.74) is 0. The van der Waals surface area contributed by atoms with E-state index in [4.69, 9.17) is 0 Å². The van der Waals surface area contributed by atoms with Gasteiger partial charge in [0.1, 0.15) is 0 Å². The first-order valence-electron chi connectivity index (χ1n) is 7.97. The molecule has 1 heteroatoms. The molecule has 0 heterocycles. The number of aliphatic hydroxyl groups is 1. The Balaban J connectivity index is 1.75. The maximum Gasteiger partial charge on any atom is 0.0571 e. The number of hydrogen-bond acceptors (Lipinski definition) is 1. The molecule has 2 rings (SSSR count). The molecule has 0 aromatic heterocycles. The molecule has 3 atom stereocenters. The van der Waals surface area contributed by atoms with Gasteiger partial charge in [-0.1, -0.05) is 58.3 Å². The lowest BCUT2D eigenvalue weighted by molar-refractivity contribution is 0.0434. The largest absolute Gasteiger partial charge is 0.393 e. The summed E-state index contributed by atoms with van der Waals surface area (Å²) in [5, 5.41) is 10.4. The van der Waals surface area contributed by atoms with Crippen LogP contribution in [0, 0.1) is 17.8 Å². The van der Waals surface area contributed by atoms with Crippen LogP contribution in [0.5, 0.6) is 0 Å². The van der Waals surface area contributed by atoms with Gasteiger partial charge in [-0.15, -0.1) is 0 Å². The quantitative estimate of drug-likeness (QED) is 0.762. The van der Waals surface area contributed by atoms with Gasteiger partial charge in [-0.05, 0) is 37.0 Å². The topological polar surface area (TPSA) is 20.2 Å². The van der Waals surface area contributed by atoms with Crippen LogP contribution >= 0.6 is 0 Å². The summed E-state index contributed by atoms with van der Waals surface area (Å²) in [7, 11) is 0. The van der Waals surface area contributed by atoms with Crippen molar-refractivity contribution in [1.82, 2.24) is 0 Å². The van der Waals surface area contributed by atoms with E-state index in [9.17, 15) is 5.11 Å². The molecule has 2 aliphatic rings. The van der Waals surface area contributed by atoms with Gasteiger partial charge in [0.15, 0.2) is 0 Å². The smallest absolute Gasteiger partial charge is 0.0571 e. The summed E-state index contributed by atoms with van der Waals surface area (Å²) in [6.07, 6.45) is 14.7. The zero-order valence-corrected chi connectivity index (χ0v) is 11.5. The second-order valence-corrected chi connectivity index (χ2v) is 6.51. The highest BCUT2D eigenvalue weighted by Crippen LogP contribution is 2.36. The Labute approximate surface area is 107 Å². The Kier molecular flexibility index (Phi) is 5.34. The zero-order valence-electron chi connectivity index (χ0n) is 11.5. The first-order valence-corrected chi connectivity index (χ1v) is 7.97. The second-order valence-electron chi connectivity index (χ2n) is 6.51. The van der Waals surface area contributed by atoms with Gasteiger partial charge in [0, 0.05) is 0 Å². The van der Waals surface area contributed by atoms with Crippen molar-refractivity contribution in [2.45, 2.75) is 83.7 Å². The van der Waals surface area contributed by atoms with Gasteiger partial charge in [0.05, 0.1) is 6.10 Å². The Morgan fingerprint density at radius 1 is 0.941 bits per heavy atom. The Hall–Kier alpha value is -0.0400. The molecule has 2 aliphatic carbocycles. The molecule has 0 aromatic carbocycles. The highest BCUT2D eigenvalue weighted by atomic mass is 16.3. The van der Waals surface area contributed by atoms with Crippen LogP contribution in [0.3, 0.4) is 0 Å². The monoisotopic (exact) mass is 238 g/mol. The zero-order chi connectivity index (χ0) is 12.1. The van der Waals surface area contributed by atoms with Crippen molar-refractivity contribution in [1.29, 1.82) is 0 Å². The van der Waals surface area contributed by atoms with Gasteiger partial charge in [0.25, 0.3) is 0 Å². The molecule has 3 unspecified atom stereocenters. The fourth-order valence-corrected chi connectivity index (χ4v) is 4.01. The standard InChI is InChI=1S/C16H30O/c1-2-13-9-6-10-15(11-13)16(17)12-14-7-4-3-5-8-14/h13-17H,2-12H2,1H3. The molecule has 0 spiro atoms. The molecule has 1 N–H and O–H groups in total. The molecule has 17 heavy (non-hydrogen) atoms. The van der Waals surface area contributed by atoms with Crippen molar-refractivity contribution < 1.29 is 5.11 Å². The van der Waals surface area contributed by atoms with E-state index in [1.165, 1.54) is 64.2 Å². The summed E-state index contributed by atoms with van der Waals surface area (Å²) in [5.74, 6) is 2.35. The van der Waals surface area contributed by atoms with Crippen LogP contribution < -0.4 is 0 Å². The van der Waals surface area contributed by atoms with Crippen LogP contribution in [-0.2, 0) is 0 Å². The third kappa shape index (κ3) is 3.98. The van der Waals surface area contributed by atoms with E-state index in [1.54, 1.807) is 0 Å². The predicted molar refractivity (Wildman–Crippen MR) is 72.9 cm³/mol. The first kappa shape index (κ1) is 13.4. The van der Waals surface area contributed by atoms with Gasteiger partial charge < -0.3 is 5.11 Å². The van der Waals surface area contributed by atoms with Crippen LogP contribution in [0.25, 0.3) is 0 Å². The highest BCUT2D eigenvalue weighted by molar-refractivity contribution is 4.80. The van der Waals surface area contributed by atoms with Gasteiger partial charge in [0.2, 0.25) is 0 Å². The SMILES string of the molecule is CCC1CCCC(C(O)CC2CCCCC2)C1. The molecule has 0 aliphatic heterocycles. The molecule has 0 saturated heterocycles. The lowest BCUT2D eigenvalue weighted by Gasteiger charge is -2.34. The van der Waals surface area contributed by atoms with Crippen molar-refractivity contribution in [2.24, 2.45) is 17.8 Å². The molecular weight excluding hydrogens is 208 g/mol. The highest BCUT2D eigenvalue weighted by Gasteiger charge is 2.28. The van der Waals surface area contributed by atoms with Crippen molar-refractivity contribution in [3.8, 4) is 0 Å². The van der Waals surface area contributed by atoms with E-state index in [2.05, 4.69) is 6.92 Å². The lowest BCUT2D eigenvalue weighted by atomic mass is 9.74. The molecule has 1 nitrogen and oxygen atoms in total. The second kappa shape index (κ2) is 6.78. The third-order valence-electron chi connectivity index (χ3n) is 5.24. The number of aliphatic hydroxyl groups excluding tert-OH is 1. The molecule has 100 valence electrons. The maximum absolute atomic E-state index is 10.4. The van der Waals surface area contributed by atoms with E-state index >= 15 is 0 Å². The van der Waals surface area contributed by atoms with E-state index in [0.29, 0.717) is 5.92 Å². The molecule has 2 fully saturated rings. The summed E-state index contributed by atoms with van der Waals surface area (Å²) < 4.78 is 0. The molecule has 0 amide bonds. The average Bonchev–Trinajstić information content (AvgIpc) is 2.40. The third-order valence-corrected chi connectivity index (χ3v) is 5.24. The first-order chi connectivity index (χ1) is 8.29. The minimum absolute atomic E-state index is 0.00690. The van der Waals surface area contributed by atoms with Crippen LogP contribution in [0.15, 0.2) is 0 Å². The van der Waals surface area contributed by atoms with E-state index in [0.717, 1.165) is 18.3 Å². The van der Waals surface area contributed by atoms with Crippen LogP contribution in [0.1, 0.15) is 77.6 Å². The van der Waals surface area contributed by atoms with Gasteiger partial charge in [-0.2, -0.15) is 0 Å². The minimum atomic E-state index is 0.00690. The summed E-state index contributed by atoms with van der Waals surface area (Å²) >= 11 is 0. The molecule has 2 saturated carbocycles. The summed E-state index contributed by atoms with van der Waals surface area (Å²) in [6, 6.07) is 0. The van der Waals surface area contributed by atoms with Gasteiger partial charge in [-0.3, -0.25) is 0 Å². The van der Waals surface area contributed by atoms with E-state index < -0.39 is 0 Å². The van der Waals surface area contributed by atoms with Gasteiger partial charge >= 0.3 is 0 Å². The Bertz CT molecular complexity index is 208. The Morgan fingerprint density at radius 3 is 2.35 bits per heavy atom. The van der Waals surface area contributed by atoms with Crippen molar-refractivity contribution >= 4 is 0 Å². The molecule has 0 radical (unpaired) electrons. The fraction of sp³-hybridized carbons (Fsp3) is 1.00. The van der Waals surface area contributed by atoms with Crippen LogP contribution in [0.2, 0.25) is 0 Å². The molecule has 0 aromatic rings. The molecular formula is C16H30O. The van der Waals surface area contributed by atoms with Crippen LogP contribution in [0.4, 0.5) is 0 Å². The van der Waals surface area contributed by atoms with Crippen LogP contribution in [-0.4, -0.2) is 11.2 Å². The normalized spacial score (nSPS) is 33.5. The number of rotatable bonds is 4. The lowest BCUT2D eigenvalue weighted by Crippen LogP contribution is -2.29. The summed E-state index contributed by atoms with van der Waals surface area (Å²) in [6.45, 7) is 2.31. The van der Waals surface area contributed by atoms with E-state index in [-0.39, 0.29) is 6.10 Å². The van der Waals surface area contributed by atoms with Crippen molar-refractivity contribution in [3.05, 3.63) is 0 Å². The van der Waals surface area contributed by atoms with Gasteiger partial charge in [-0.25, -0.2) is 0 Å². The number of hydrogen-bond donors (Lipinski definition) is 1. The van der Waals surface area contributed by atoms with Crippen molar-refractivity contribution in [3.63, 3.8) is 0 Å². The predicted octanol–water partition coefficient (Wildman–Crippen LogP) is 4.53. The fourth-order valence-electron chi connectivity index (χ4n) is 4.01. The van der Waals surface area contributed by atoms with Crippen molar-refractivity contribution in [2.75, 3.05) is 0 Å². The Morgan fingerprint density at radius 2 is 1.65 bits per heavy atom. The molecule has 0 bridgehead atoms. The average molecular weight is 238 g/mol. The van der Waals surface area contributed by atoms with E-state index in [1.807, 2.05) is 0 Å². The minimum Gasteiger partial charge on any atom is -0.393 e. The maximum atomic E-state index is 10.4.